The fourth-order valence-corrected chi connectivity index (χ4v) is 3.39. The number of fused-ring (bicyclic) bond motifs is 1. The summed E-state index contributed by atoms with van der Waals surface area (Å²) in [5.74, 6) is -0.323. The molecule has 140 valence electrons. The van der Waals surface area contributed by atoms with Gasteiger partial charge in [-0.1, -0.05) is 31.2 Å². The molecule has 1 aromatic carbocycles. The molecule has 0 bridgehead atoms. The number of aryl methyl sites for hydroxylation is 1. The maximum absolute atomic E-state index is 11.3. The van der Waals surface area contributed by atoms with Crippen LogP contribution in [0.1, 0.15) is 51.7 Å². The predicted octanol–water partition coefficient (Wildman–Crippen LogP) is 5.32. The smallest absolute Gasteiger partial charge is 0.330 e. The van der Waals surface area contributed by atoms with Crippen LogP contribution >= 0.6 is 0 Å². The SMILES string of the molecule is CC\C(=C/C=C/C(C)=C/C(=O)OC)c1ccc2c(c1)CCCN2C(C)C. The van der Waals surface area contributed by atoms with Gasteiger partial charge in [-0.15, -0.1) is 0 Å². The number of methoxy groups -OCH3 is 1. The van der Waals surface area contributed by atoms with Crippen LogP contribution in [0.5, 0.6) is 0 Å². The molecule has 0 fully saturated rings. The topological polar surface area (TPSA) is 29.5 Å². The van der Waals surface area contributed by atoms with Crippen molar-refractivity contribution in [2.24, 2.45) is 0 Å². The fourth-order valence-electron chi connectivity index (χ4n) is 3.39. The standard InChI is InChI=1S/C23H31NO2/c1-6-19(10-7-9-18(4)15-23(25)26-5)20-12-13-22-21(16-20)11-8-14-24(22)17(2)3/h7,9-10,12-13,15-17H,6,8,11,14H2,1-5H3/b9-7+,18-15+,19-10+. The Bertz CT molecular complexity index is 726. The summed E-state index contributed by atoms with van der Waals surface area (Å²) in [5, 5.41) is 0. The second kappa shape index (κ2) is 9.42. The summed E-state index contributed by atoms with van der Waals surface area (Å²) in [6, 6.07) is 7.40. The van der Waals surface area contributed by atoms with E-state index in [1.807, 2.05) is 19.1 Å². The van der Waals surface area contributed by atoms with Gasteiger partial charge in [0.05, 0.1) is 7.11 Å². The molecule has 1 aromatic rings. The highest BCUT2D eigenvalue weighted by Crippen LogP contribution is 2.32. The number of hydrogen-bond acceptors (Lipinski definition) is 3. The van der Waals surface area contributed by atoms with Crippen LogP contribution in [0.3, 0.4) is 0 Å². The second-order valence-electron chi connectivity index (χ2n) is 7.05. The van der Waals surface area contributed by atoms with Crippen LogP contribution in [0.25, 0.3) is 5.57 Å². The number of hydrogen-bond donors (Lipinski definition) is 0. The van der Waals surface area contributed by atoms with Crippen molar-refractivity contribution in [3.63, 3.8) is 0 Å². The summed E-state index contributed by atoms with van der Waals surface area (Å²) in [6.45, 7) is 9.74. The van der Waals surface area contributed by atoms with Crippen molar-refractivity contribution in [1.82, 2.24) is 0 Å². The zero-order valence-corrected chi connectivity index (χ0v) is 16.7. The summed E-state index contributed by atoms with van der Waals surface area (Å²) >= 11 is 0. The molecule has 1 aliphatic rings. The van der Waals surface area contributed by atoms with Gasteiger partial charge in [0.25, 0.3) is 0 Å². The lowest BCUT2D eigenvalue weighted by atomic mass is 9.94. The zero-order valence-electron chi connectivity index (χ0n) is 16.7. The number of esters is 1. The third kappa shape index (κ3) is 5.10. The van der Waals surface area contributed by atoms with Crippen molar-refractivity contribution >= 4 is 17.2 Å². The monoisotopic (exact) mass is 353 g/mol. The lowest BCUT2D eigenvalue weighted by Gasteiger charge is -2.35. The molecule has 0 spiro atoms. The van der Waals surface area contributed by atoms with Crippen LogP contribution in [-0.2, 0) is 16.0 Å². The number of carbonyl (C=O) groups excluding carboxylic acids is 1. The second-order valence-corrected chi connectivity index (χ2v) is 7.05. The molecule has 0 N–H and O–H groups in total. The minimum Gasteiger partial charge on any atom is -0.466 e. The first-order valence-electron chi connectivity index (χ1n) is 9.49. The van der Waals surface area contributed by atoms with E-state index in [-0.39, 0.29) is 5.97 Å². The first kappa shape index (κ1) is 20.0. The molecule has 0 saturated heterocycles. The number of benzene rings is 1. The van der Waals surface area contributed by atoms with E-state index in [4.69, 9.17) is 0 Å². The van der Waals surface area contributed by atoms with Crippen molar-refractivity contribution in [3.05, 3.63) is 59.2 Å². The summed E-state index contributed by atoms with van der Waals surface area (Å²) in [7, 11) is 1.39. The molecule has 0 amide bonds. The lowest BCUT2D eigenvalue weighted by Crippen LogP contribution is -2.35. The molecule has 0 radical (unpaired) electrons. The molecule has 3 heteroatoms. The van der Waals surface area contributed by atoms with Gasteiger partial charge in [0.2, 0.25) is 0 Å². The highest BCUT2D eigenvalue weighted by molar-refractivity contribution is 5.83. The van der Waals surface area contributed by atoms with Gasteiger partial charge in [-0.3, -0.25) is 0 Å². The van der Waals surface area contributed by atoms with Gasteiger partial charge in [0, 0.05) is 24.4 Å². The number of ether oxygens (including phenoxy) is 1. The molecule has 0 unspecified atom stereocenters. The number of carbonyl (C=O) groups is 1. The van der Waals surface area contributed by atoms with Crippen molar-refractivity contribution in [2.75, 3.05) is 18.6 Å². The van der Waals surface area contributed by atoms with Crippen LogP contribution in [-0.4, -0.2) is 25.7 Å². The molecule has 0 aromatic heterocycles. The van der Waals surface area contributed by atoms with Gasteiger partial charge in [-0.05, 0) is 74.4 Å². The Morgan fingerprint density at radius 3 is 2.77 bits per heavy atom. The summed E-state index contributed by atoms with van der Waals surface area (Å²) in [5.41, 5.74) is 6.31. The summed E-state index contributed by atoms with van der Waals surface area (Å²) in [4.78, 5) is 13.8. The van der Waals surface area contributed by atoms with E-state index in [2.05, 4.69) is 54.7 Å². The fraction of sp³-hybridized carbons (Fsp3) is 0.435. The molecule has 3 nitrogen and oxygen atoms in total. The zero-order chi connectivity index (χ0) is 19.1. The maximum atomic E-state index is 11.3. The molecule has 2 rings (SSSR count). The molecule has 26 heavy (non-hydrogen) atoms. The van der Waals surface area contributed by atoms with Crippen LogP contribution < -0.4 is 4.90 Å². The number of rotatable bonds is 6. The Balaban J connectivity index is 2.22. The quantitative estimate of drug-likeness (QED) is 0.394. The van der Waals surface area contributed by atoms with Gasteiger partial charge in [0.1, 0.15) is 0 Å². The van der Waals surface area contributed by atoms with E-state index in [1.165, 1.54) is 42.0 Å². The van der Waals surface area contributed by atoms with E-state index in [1.54, 1.807) is 0 Å². The van der Waals surface area contributed by atoms with Crippen LogP contribution in [0.15, 0.2) is 48.1 Å². The van der Waals surface area contributed by atoms with E-state index >= 15 is 0 Å². The number of allylic oxidation sites excluding steroid dienone is 5. The van der Waals surface area contributed by atoms with Crippen LogP contribution in [0, 0.1) is 0 Å². The normalized spacial score (nSPS) is 15.5. The first-order chi connectivity index (χ1) is 12.5. The highest BCUT2D eigenvalue weighted by Gasteiger charge is 2.19. The summed E-state index contributed by atoms with van der Waals surface area (Å²) < 4.78 is 4.65. The van der Waals surface area contributed by atoms with Crippen LogP contribution in [0.4, 0.5) is 5.69 Å². The van der Waals surface area contributed by atoms with E-state index in [0.29, 0.717) is 6.04 Å². The first-order valence-corrected chi connectivity index (χ1v) is 9.49. The Morgan fingerprint density at radius 1 is 1.35 bits per heavy atom. The minimum absolute atomic E-state index is 0.323. The number of nitrogens with zero attached hydrogens (tertiary/aromatic N) is 1. The maximum Gasteiger partial charge on any atom is 0.330 e. The van der Waals surface area contributed by atoms with Gasteiger partial charge in [0.15, 0.2) is 0 Å². The van der Waals surface area contributed by atoms with Crippen molar-refractivity contribution in [1.29, 1.82) is 0 Å². The molecule has 0 aliphatic carbocycles. The molecule has 1 heterocycles. The molecule has 1 aliphatic heterocycles. The van der Waals surface area contributed by atoms with Crippen molar-refractivity contribution in [2.45, 2.75) is 53.0 Å². The van der Waals surface area contributed by atoms with E-state index < -0.39 is 0 Å². The number of anilines is 1. The van der Waals surface area contributed by atoms with Crippen molar-refractivity contribution < 1.29 is 9.53 Å². The Morgan fingerprint density at radius 2 is 2.12 bits per heavy atom. The molecule has 0 saturated carbocycles. The van der Waals surface area contributed by atoms with Gasteiger partial charge in [-0.2, -0.15) is 0 Å². The predicted molar refractivity (Wildman–Crippen MR) is 110 cm³/mol. The third-order valence-electron chi connectivity index (χ3n) is 4.81. The Hall–Kier alpha value is -2.29. The summed E-state index contributed by atoms with van der Waals surface area (Å²) in [6.07, 6.45) is 10.9. The van der Waals surface area contributed by atoms with Crippen molar-refractivity contribution in [3.8, 4) is 0 Å². The average molecular weight is 354 g/mol. The van der Waals surface area contributed by atoms with E-state index in [9.17, 15) is 4.79 Å². The highest BCUT2D eigenvalue weighted by atomic mass is 16.5. The largest absolute Gasteiger partial charge is 0.466 e. The van der Waals surface area contributed by atoms with E-state index in [0.717, 1.165) is 25.0 Å². The van der Waals surface area contributed by atoms with Gasteiger partial charge in [-0.25, -0.2) is 4.79 Å². The van der Waals surface area contributed by atoms with Gasteiger partial charge < -0.3 is 9.64 Å². The third-order valence-corrected chi connectivity index (χ3v) is 4.81. The molecular formula is C23H31NO2. The minimum atomic E-state index is -0.323. The molecular weight excluding hydrogens is 322 g/mol. The van der Waals surface area contributed by atoms with Gasteiger partial charge >= 0.3 is 5.97 Å². The molecule has 0 atom stereocenters. The lowest BCUT2D eigenvalue weighted by molar-refractivity contribution is -0.134. The Labute approximate surface area is 158 Å². The average Bonchev–Trinajstić information content (AvgIpc) is 2.64. The Kier molecular flexibility index (Phi) is 7.26. The van der Waals surface area contributed by atoms with Crippen LogP contribution in [0.2, 0.25) is 0 Å².